The molecule has 2 aliphatic carbocycles. The SMILES string of the molecule is NCC1(Cc2nnnn2-c2ccccc2)CC2CCC1C2. The zero-order valence-electron chi connectivity index (χ0n) is 12.2. The van der Waals surface area contributed by atoms with Gasteiger partial charge in [-0.15, -0.1) is 5.10 Å². The van der Waals surface area contributed by atoms with Crippen molar-refractivity contribution in [2.75, 3.05) is 6.54 Å². The molecule has 5 nitrogen and oxygen atoms in total. The minimum Gasteiger partial charge on any atom is -0.330 e. The van der Waals surface area contributed by atoms with E-state index in [0.29, 0.717) is 0 Å². The zero-order valence-corrected chi connectivity index (χ0v) is 12.2. The van der Waals surface area contributed by atoms with Gasteiger partial charge in [0, 0.05) is 6.42 Å². The molecule has 0 saturated heterocycles. The Morgan fingerprint density at radius 3 is 2.76 bits per heavy atom. The molecule has 2 bridgehead atoms. The van der Waals surface area contributed by atoms with E-state index in [4.69, 9.17) is 5.73 Å². The molecule has 0 radical (unpaired) electrons. The van der Waals surface area contributed by atoms with E-state index in [2.05, 4.69) is 15.5 Å². The van der Waals surface area contributed by atoms with Crippen molar-refractivity contribution in [2.45, 2.75) is 32.1 Å². The van der Waals surface area contributed by atoms with Gasteiger partial charge >= 0.3 is 0 Å². The molecule has 2 saturated carbocycles. The lowest BCUT2D eigenvalue weighted by Crippen LogP contribution is -2.38. The average molecular weight is 283 g/mol. The van der Waals surface area contributed by atoms with Crippen molar-refractivity contribution in [3.8, 4) is 5.69 Å². The van der Waals surface area contributed by atoms with Crippen molar-refractivity contribution in [3.63, 3.8) is 0 Å². The van der Waals surface area contributed by atoms with Gasteiger partial charge < -0.3 is 5.73 Å². The molecular weight excluding hydrogens is 262 g/mol. The summed E-state index contributed by atoms with van der Waals surface area (Å²) >= 11 is 0. The molecule has 2 aromatic rings. The van der Waals surface area contributed by atoms with Crippen LogP contribution in [0.4, 0.5) is 0 Å². The van der Waals surface area contributed by atoms with Crippen LogP contribution in [-0.2, 0) is 6.42 Å². The van der Waals surface area contributed by atoms with Crippen LogP contribution in [0.25, 0.3) is 5.69 Å². The van der Waals surface area contributed by atoms with Gasteiger partial charge in [0.05, 0.1) is 5.69 Å². The van der Waals surface area contributed by atoms with Crippen LogP contribution in [0, 0.1) is 17.3 Å². The molecule has 3 atom stereocenters. The molecule has 3 unspecified atom stereocenters. The Bertz CT molecular complexity index is 623. The van der Waals surface area contributed by atoms with Gasteiger partial charge in [-0.05, 0) is 65.6 Å². The fourth-order valence-corrected chi connectivity index (χ4v) is 4.50. The highest BCUT2D eigenvalue weighted by Crippen LogP contribution is 2.56. The Kier molecular flexibility index (Phi) is 3.03. The first kappa shape index (κ1) is 13.0. The van der Waals surface area contributed by atoms with Crippen molar-refractivity contribution in [1.29, 1.82) is 0 Å². The quantitative estimate of drug-likeness (QED) is 0.931. The summed E-state index contributed by atoms with van der Waals surface area (Å²) in [5.74, 6) is 2.58. The number of benzene rings is 1. The van der Waals surface area contributed by atoms with Crippen LogP contribution in [-0.4, -0.2) is 26.8 Å². The van der Waals surface area contributed by atoms with E-state index in [-0.39, 0.29) is 5.41 Å². The van der Waals surface area contributed by atoms with Crippen LogP contribution in [0.5, 0.6) is 0 Å². The van der Waals surface area contributed by atoms with Gasteiger partial charge in [0.25, 0.3) is 0 Å². The standard InChI is InChI=1S/C16H21N5/c17-11-16(9-12-6-7-13(16)8-12)10-15-18-19-20-21(15)14-4-2-1-3-5-14/h1-5,12-13H,6-11,17H2. The number of fused-ring (bicyclic) bond motifs is 2. The summed E-state index contributed by atoms with van der Waals surface area (Å²) in [6.07, 6.45) is 6.21. The molecule has 5 heteroatoms. The topological polar surface area (TPSA) is 69.6 Å². The lowest BCUT2D eigenvalue weighted by Gasteiger charge is -2.36. The fourth-order valence-electron chi connectivity index (χ4n) is 4.50. The van der Waals surface area contributed by atoms with Crippen molar-refractivity contribution in [3.05, 3.63) is 36.2 Å². The zero-order chi connectivity index (χ0) is 14.3. The first-order chi connectivity index (χ1) is 10.3. The normalized spacial score (nSPS) is 30.9. The van der Waals surface area contributed by atoms with E-state index < -0.39 is 0 Å². The summed E-state index contributed by atoms with van der Waals surface area (Å²) in [5.41, 5.74) is 7.42. The largest absolute Gasteiger partial charge is 0.330 e. The van der Waals surface area contributed by atoms with E-state index in [1.54, 1.807) is 0 Å². The maximum atomic E-state index is 6.18. The Morgan fingerprint density at radius 1 is 1.24 bits per heavy atom. The van der Waals surface area contributed by atoms with Crippen LogP contribution < -0.4 is 5.73 Å². The van der Waals surface area contributed by atoms with Crippen LogP contribution in [0.3, 0.4) is 0 Å². The maximum Gasteiger partial charge on any atom is 0.157 e. The second-order valence-electron chi connectivity index (χ2n) is 6.67. The molecule has 1 heterocycles. The molecule has 21 heavy (non-hydrogen) atoms. The van der Waals surface area contributed by atoms with E-state index in [0.717, 1.165) is 36.3 Å². The summed E-state index contributed by atoms with van der Waals surface area (Å²) in [5, 5.41) is 12.3. The highest BCUT2D eigenvalue weighted by molar-refractivity contribution is 5.30. The summed E-state index contributed by atoms with van der Waals surface area (Å²) < 4.78 is 1.86. The molecule has 2 N–H and O–H groups in total. The smallest absolute Gasteiger partial charge is 0.157 e. The lowest BCUT2D eigenvalue weighted by molar-refractivity contribution is 0.167. The van der Waals surface area contributed by atoms with Gasteiger partial charge in [0.1, 0.15) is 0 Å². The number of hydrogen-bond donors (Lipinski definition) is 1. The molecular formula is C16H21N5. The molecule has 0 amide bonds. The van der Waals surface area contributed by atoms with Gasteiger partial charge in [-0.2, -0.15) is 4.68 Å². The Morgan fingerprint density at radius 2 is 2.10 bits per heavy atom. The van der Waals surface area contributed by atoms with E-state index >= 15 is 0 Å². The van der Waals surface area contributed by atoms with Gasteiger partial charge in [0.15, 0.2) is 5.82 Å². The molecule has 0 spiro atoms. The Hall–Kier alpha value is -1.75. The maximum absolute atomic E-state index is 6.18. The molecule has 0 aliphatic heterocycles. The third-order valence-electron chi connectivity index (χ3n) is 5.55. The Labute approximate surface area is 124 Å². The molecule has 2 aliphatic rings. The highest BCUT2D eigenvalue weighted by Gasteiger charge is 2.50. The van der Waals surface area contributed by atoms with Crippen molar-refractivity contribution in [2.24, 2.45) is 23.0 Å². The van der Waals surface area contributed by atoms with Gasteiger partial charge in [-0.25, -0.2) is 0 Å². The van der Waals surface area contributed by atoms with E-state index in [1.807, 2.05) is 35.0 Å². The minimum absolute atomic E-state index is 0.212. The molecule has 4 rings (SSSR count). The van der Waals surface area contributed by atoms with Crippen molar-refractivity contribution < 1.29 is 0 Å². The number of nitrogens with zero attached hydrogens (tertiary/aromatic N) is 4. The van der Waals surface area contributed by atoms with Gasteiger partial charge in [-0.1, -0.05) is 24.6 Å². The van der Waals surface area contributed by atoms with Crippen molar-refractivity contribution in [1.82, 2.24) is 20.2 Å². The van der Waals surface area contributed by atoms with E-state index in [1.165, 1.54) is 25.7 Å². The van der Waals surface area contributed by atoms with Crippen molar-refractivity contribution >= 4 is 0 Å². The average Bonchev–Trinajstić information content (AvgIpc) is 3.24. The summed E-state index contributed by atoms with van der Waals surface area (Å²) in [6, 6.07) is 10.1. The first-order valence-electron chi connectivity index (χ1n) is 7.83. The van der Waals surface area contributed by atoms with Gasteiger partial charge in [-0.3, -0.25) is 0 Å². The number of nitrogens with two attached hydrogens (primary N) is 1. The molecule has 110 valence electrons. The predicted octanol–water partition coefficient (Wildman–Crippen LogP) is 1.97. The van der Waals surface area contributed by atoms with Crippen LogP contribution in [0.15, 0.2) is 30.3 Å². The molecule has 2 fully saturated rings. The highest BCUT2D eigenvalue weighted by atomic mass is 15.5. The second kappa shape index (κ2) is 4.91. The van der Waals surface area contributed by atoms with Crippen LogP contribution in [0.1, 0.15) is 31.5 Å². The molecule has 1 aromatic heterocycles. The lowest BCUT2D eigenvalue weighted by atomic mass is 9.70. The van der Waals surface area contributed by atoms with Crippen LogP contribution in [0.2, 0.25) is 0 Å². The van der Waals surface area contributed by atoms with Gasteiger partial charge in [0.2, 0.25) is 0 Å². The monoisotopic (exact) mass is 283 g/mol. The third kappa shape index (κ3) is 2.07. The second-order valence-corrected chi connectivity index (χ2v) is 6.67. The van der Waals surface area contributed by atoms with E-state index in [9.17, 15) is 0 Å². The first-order valence-corrected chi connectivity index (χ1v) is 7.83. The fraction of sp³-hybridized carbons (Fsp3) is 0.562. The number of hydrogen-bond acceptors (Lipinski definition) is 4. The summed E-state index contributed by atoms with van der Waals surface area (Å²) in [4.78, 5) is 0. The number of tetrazole rings is 1. The predicted molar refractivity (Wildman–Crippen MR) is 79.8 cm³/mol. The number of para-hydroxylation sites is 1. The third-order valence-corrected chi connectivity index (χ3v) is 5.55. The number of rotatable bonds is 4. The van der Waals surface area contributed by atoms with Crippen LogP contribution >= 0.6 is 0 Å². The molecule has 1 aromatic carbocycles. The Balaban J connectivity index is 1.65. The summed E-state index contributed by atoms with van der Waals surface area (Å²) in [6.45, 7) is 0.746. The summed E-state index contributed by atoms with van der Waals surface area (Å²) in [7, 11) is 0. The number of aromatic nitrogens is 4. The minimum atomic E-state index is 0.212.